The lowest BCUT2D eigenvalue weighted by atomic mass is 10.1. The highest BCUT2D eigenvalue weighted by Gasteiger charge is 2.24. The van der Waals surface area contributed by atoms with E-state index >= 15 is 0 Å². The summed E-state index contributed by atoms with van der Waals surface area (Å²) in [6.07, 6.45) is 1.57. The highest BCUT2D eigenvalue weighted by atomic mass is 35.5. The number of esters is 1. The van der Waals surface area contributed by atoms with Crippen molar-refractivity contribution >= 4 is 35.2 Å². The van der Waals surface area contributed by atoms with E-state index in [2.05, 4.69) is 5.32 Å². The largest absolute Gasteiger partial charge is 0.493 e. The van der Waals surface area contributed by atoms with E-state index in [-0.39, 0.29) is 6.61 Å². The van der Waals surface area contributed by atoms with Crippen LogP contribution in [-0.2, 0) is 14.3 Å². The average Bonchev–Trinajstić information content (AvgIpc) is 2.87. The number of rotatable bonds is 9. The Morgan fingerprint density at radius 3 is 2.54 bits per heavy atom. The SMILES string of the molecule is COc1cc(/C=C/C(=O)O[C@@H](C(=O)Nc2ccc(C)c(Cl)c2)c2ccccc2)ccc1OCC#N. The van der Waals surface area contributed by atoms with Crippen molar-refractivity contribution < 1.29 is 23.8 Å². The maximum atomic E-state index is 13.0. The predicted molar refractivity (Wildman–Crippen MR) is 133 cm³/mol. The highest BCUT2D eigenvalue weighted by Crippen LogP contribution is 2.29. The Morgan fingerprint density at radius 2 is 1.86 bits per heavy atom. The number of nitriles is 1. The van der Waals surface area contributed by atoms with Gasteiger partial charge in [-0.15, -0.1) is 0 Å². The maximum absolute atomic E-state index is 13.0. The second-order valence-corrected chi connectivity index (χ2v) is 7.78. The molecule has 0 aliphatic rings. The van der Waals surface area contributed by atoms with Gasteiger partial charge in [-0.05, 0) is 48.4 Å². The number of methoxy groups -OCH3 is 1. The van der Waals surface area contributed by atoms with Crippen LogP contribution in [0.4, 0.5) is 5.69 Å². The summed E-state index contributed by atoms with van der Waals surface area (Å²) in [7, 11) is 1.47. The molecule has 8 heteroatoms. The fourth-order valence-electron chi connectivity index (χ4n) is 3.12. The van der Waals surface area contributed by atoms with Crippen LogP contribution in [0, 0.1) is 18.3 Å². The number of aryl methyl sites for hydroxylation is 1. The third-order valence-electron chi connectivity index (χ3n) is 4.91. The molecule has 178 valence electrons. The number of carbonyl (C=O) groups excluding carboxylic acids is 2. The molecule has 0 radical (unpaired) electrons. The average molecular weight is 491 g/mol. The van der Waals surface area contributed by atoms with Crippen LogP contribution in [0.5, 0.6) is 11.5 Å². The molecule has 0 saturated heterocycles. The van der Waals surface area contributed by atoms with Gasteiger partial charge in [-0.2, -0.15) is 5.26 Å². The highest BCUT2D eigenvalue weighted by molar-refractivity contribution is 6.31. The Labute approximate surface area is 208 Å². The van der Waals surface area contributed by atoms with Crippen LogP contribution in [-0.4, -0.2) is 25.6 Å². The Morgan fingerprint density at radius 1 is 1.09 bits per heavy atom. The molecule has 3 rings (SSSR count). The number of nitrogens with zero attached hydrogens (tertiary/aromatic N) is 1. The monoisotopic (exact) mass is 490 g/mol. The van der Waals surface area contributed by atoms with Gasteiger partial charge in [-0.1, -0.05) is 54.1 Å². The number of halogens is 1. The predicted octanol–water partition coefficient (Wildman–Crippen LogP) is 5.50. The normalized spacial score (nSPS) is 11.4. The van der Waals surface area contributed by atoms with Crippen molar-refractivity contribution in [3.8, 4) is 17.6 Å². The van der Waals surface area contributed by atoms with E-state index in [0.717, 1.165) is 5.56 Å². The summed E-state index contributed by atoms with van der Waals surface area (Å²) in [5.74, 6) is -0.405. The number of nitrogens with one attached hydrogen (secondary N) is 1. The molecular weight excluding hydrogens is 468 g/mol. The van der Waals surface area contributed by atoms with Gasteiger partial charge in [0.25, 0.3) is 5.91 Å². The van der Waals surface area contributed by atoms with E-state index in [0.29, 0.717) is 33.3 Å². The van der Waals surface area contributed by atoms with Gasteiger partial charge in [0.1, 0.15) is 6.07 Å². The number of carbonyl (C=O) groups is 2. The summed E-state index contributed by atoms with van der Waals surface area (Å²) in [4.78, 5) is 25.6. The molecule has 0 aliphatic carbocycles. The first-order chi connectivity index (χ1) is 16.9. The van der Waals surface area contributed by atoms with Crippen molar-refractivity contribution in [3.63, 3.8) is 0 Å². The number of ether oxygens (including phenoxy) is 3. The molecule has 35 heavy (non-hydrogen) atoms. The summed E-state index contributed by atoms with van der Waals surface area (Å²) < 4.78 is 16.1. The minimum atomic E-state index is -1.18. The molecule has 0 unspecified atom stereocenters. The lowest BCUT2D eigenvalue weighted by Crippen LogP contribution is -2.25. The first-order valence-corrected chi connectivity index (χ1v) is 11.0. The fraction of sp³-hybridized carbons (Fsp3) is 0.148. The third kappa shape index (κ3) is 7.10. The first kappa shape index (κ1) is 25.3. The van der Waals surface area contributed by atoms with Crippen LogP contribution in [0.2, 0.25) is 5.02 Å². The molecule has 0 heterocycles. The lowest BCUT2D eigenvalue weighted by molar-refractivity contribution is -0.149. The minimum absolute atomic E-state index is 0.115. The molecular formula is C27H23ClN2O5. The van der Waals surface area contributed by atoms with Gasteiger partial charge < -0.3 is 19.5 Å². The Hall–Kier alpha value is -4.28. The summed E-state index contributed by atoms with van der Waals surface area (Å²) >= 11 is 6.16. The number of hydrogen-bond acceptors (Lipinski definition) is 6. The summed E-state index contributed by atoms with van der Waals surface area (Å²) in [5, 5.41) is 11.9. The van der Waals surface area contributed by atoms with E-state index in [1.165, 1.54) is 19.3 Å². The zero-order chi connectivity index (χ0) is 25.2. The molecule has 3 aromatic carbocycles. The molecule has 0 spiro atoms. The van der Waals surface area contributed by atoms with Crippen LogP contribution < -0.4 is 14.8 Å². The van der Waals surface area contributed by atoms with Crippen LogP contribution in [0.3, 0.4) is 0 Å². The molecule has 7 nitrogen and oxygen atoms in total. The first-order valence-electron chi connectivity index (χ1n) is 10.6. The minimum Gasteiger partial charge on any atom is -0.493 e. The summed E-state index contributed by atoms with van der Waals surface area (Å²) in [6, 6.07) is 20.7. The second kappa shape index (κ2) is 12.3. The standard InChI is InChI=1S/C27H23ClN2O5/c1-18-8-11-21(17-22(18)28)30-27(32)26(20-6-4-3-5-7-20)35-25(31)13-10-19-9-12-23(34-15-14-29)24(16-19)33-2/h3-13,16-17,26H,15H2,1-2H3,(H,30,32)/b13-10+/t26-/m1/s1. The maximum Gasteiger partial charge on any atom is 0.331 e. The molecule has 0 aromatic heterocycles. The zero-order valence-corrected chi connectivity index (χ0v) is 19.9. The van der Waals surface area contributed by atoms with Gasteiger partial charge in [0.05, 0.1) is 7.11 Å². The van der Waals surface area contributed by atoms with Crippen LogP contribution in [0.1, 0.15) is 22.8 Å². The Bertz CT molecular complexity index is 1270. The van der Waals surface area contributed by atoms with Crippen molar-refractivity contribution in [3.05, 3.63) is 94.5 Å². The van der Waals surface area contributed by atoms with Gasteiger partial charge in [0.15, 0.2) is 18.1 Å². The fourth-order valence-corrected chi connectivity index (χ4v) is 3.30. The quantitative estimate of drug-likeness (QED) is 0.314. The molecule has 0 bridgehead atoms. The molecule has 0 saturated carbocycles. The smallest absolute Gasteiger partial charge is 0.331 e. The molecule has 1 N–H and O–H groups in total. The van der Waals surface area contributed by atoms with Crippen molar-refractivity contribution in [1.82, 2.24) is 0 Å². The summed E-state index contributed by atoms with van der Waals surface area (Å²) in [5.41, 5.74) is 2.52. The van der Waals surface area contributed by atoms with Crippen molar-refractivity contribution in [1.29, 1.82) is 5.26 Å². The van der Waals surface area contributed by atoms with E-state index in [9.17, 15) is 9.59 Å². The van der Waals surface area contributed by atoms with Crippen LogP contribution in [0.25, 0.3) is 6.08 Å². The van der Waals surface area contributed by atoms with Gasteiger partial charge >= 0.3 is 5.97 Å². The second-order valence-electron chi connectivity index (χ2n) is 7.37. The molecule has 0 aliphatic heterocycles. The van der Waals surface area contributed by atoms with Gasteiger partial charge in [-0.25, -0.2) is 4.79 Å². The lowest BCUT2D eigenvalue weighted by Gasteiger charge is -2.17. The van der Waals surface area contributed by atoms with Crippen molar-refractivity contribution in [2.75, 3.05) is 19.0 Å². The Balaban J connectivity index is 1.75. The number of benzene rings is 3. The number of hydrogen-bond donors (Lipinski definition) is 1. The van der Waals surface area contributed by atoms with E-state index in [4.69, 9.17) is 31.1 Å². The van der Waals surface area contributed by atoms with Crippen LogP contribution >= 0.6 is 11.6 Å². The van der Waals surface area contributed by atoms with E-state index in [1.54, 1.807) is 66.7 Å². The van der Waals surface area contributed by atoms with Gasteiger partial charge in [0.2, 0.25) is 6.10 Å². The molecule has 0 fully saturated rings. The van der Waals surface area contributed by atoms with E-state index < -0.39 is 18.0 Å². The number of amides is 1. The van der Waals surface area contributed by atoms with Crippen molar-refractivity contribution in [2.45, 2.75) is 13.0 Å². The molecule has 1 amide bonds. The zero-order valence-electron chi connectivity index (χ0n) is 19.2. The Kier molecular flexibility index (Phi) is 8.88. The van der Waals surface area contributed by atoms with Gasteiger partial charge in [0, 0.05) is 22.3 Å². The third-order valence-corrected chi connectivity index (χ3v) is 5.31. The van der Waals surface area contributed by atoms with Crippen LogP contribution in [0.15, 0.2) is 72.8 Å². The molecule has 3 aromatic rings. The topological polar surface area (TPSA) is 97.7 Å². The van der Waals surface area contributed by atoms with Gasteiger partial charge in [-0.3, -0.25) is 4.79 Å². The van der Waals surface area contributed by atoms with Crippen molar-refractivity contribution in [2.24, 2.45) is 0 Å². The number of anilines is 1. The summed E-state index contributed by atoms with van der Waals surface area (Å²) in [6.45, 7) is 1.74. The van der Waals surface area contributed by atoms with E-state index in [1.807, 2.05) is 13.0 Å². The molecule has 1 atom stereocenters.